The average Bonchev–Trinajstić information content (AvgIpc) is 3.36. The van der Waals surface area contributed by atoms with E-state index >= 15 is 0 Å². The van der Waals surface area contributed by atoms with Crippen molar-refractivity contribution in [1.29, 1.82) is 0 Å². The first-order valence-electron chi connectivity index (χ1n) is 10.2. The number of carbonyl (C=O) groups is 3. The molecule has 0 saturated carbocycles. The van der Waals surface area contributed by atoms with Gasteiger partial charge in [-0.1, -0.05) is 12.1 Å². The molecule has 10 heteroatoms. The number of H-pyrrole nitrogens is 1. The Morgan fingerprint density at radius 3 is 2.84 bits per heavy atom. The van der Waals surface area contributed by atoms with Crippen molar-refractivity contribution in [2.24, 2.45) is 0 Å². The number of anilines is 1. The monoisotopic (exact) mass is 451 g/mol. The predicted molar refractivity (Wildman–Crippen MR) is 119 cm³/mol. The van der Waals surface area contributed by atoms with E-state index in [9.17, 15) is 19.2 Å². The SMILES string of the molecule is CN(Cc1nc2ccsc2c(=O)[nH]1)C(=O)CN1C(=O)c2ccccc2N2C(=O)CCC12C. The van der Waals surface area contributed by atoms with Crippen LogP contribution < -0.4 is 10.5 Å². The number of para-hydroxylation sites is 1. The number of benzene rings is 1. The number of thiophene rings is 1. The first kappa shape index (κ1) is 20.4. The van der Waals surface area contributed by atoms with Crippen LogP contribution in [0.25, 0.3) is 10.2 Å². The summed E-state index contributed by atoms with van der Waals surface area (Å²) in [6, 6.07) is 8.74. The fourth-order valence-electron chi connectivity index (χ4n) is 4.51. The van der Waals surface area contributed by atoms with E-state index in [-0.39, 0.29) is 36.4 Å². The highest BCUT2D eigenvalue weighted by Gasteiger charge is 2.53. The molecule has 1 N–H and O–H groups in total. The molecule has 2 aliphatic rings. The third kappa shape index (κ3) is 3.01. The van der Waals surface area contributed by atoms with Crippen molar-refractivity contribution in [2.75, 3.05) is 18.5 Å². The summed E-state index contributed by atoms with van der Waals surface area (Å²) < 4.78 is 0.541. The van der Waals surface area contributed by atoms with E-state index in [2.05, 4.69) is 9.97 Å². The van der Waals surface area contributed by atoms with Gasteiger partial charge in [-0.05, 0) is 36.9 Å². The quantitative estimate of drug-likeness (QED) is 0.653. The molecule has 1 saturated heterocycles. The molecule has 1 atom stereocenters. The summed E-state index contributed by atoms with van der Waals surface area (Å²) in [5, 5.41) is 1.79. The Kier molecular flexibility index (Phi) is 4.63. The van der Waals surface area contributed by atoms with Crippen LogP contribution in [-0.4, -0.2) is 56.7 Å². The van der Waals surface area contributed by atoms with Crippen LogP contribution in [0.15, 0.2) is 40.5 Å². The van der Waals surface area contributed by atoms with Crippen molar-refractivity contribution < 1.29 is 14.4 Å². The molecule has 9 nitrogen and oxygen atoms in total. The van der Waals surface area contributed by atoms with Crippen LogP contribution in [0.1, 0.15) is 35.9 Å². The van der Waals surface area contributed by atoms with E-state index in [1.54, 1.807) is 47.7 Å². The topological polar surface area (TPSA) is 107 Å². The zero-order chi connectivity index (χ0) is 22.6. The molecule has 0 spiro atoms. The summed E-state index contributed by atoms with van der Waals surface area (Å²) in [5.41, 5.74) is 0.442. The van der Waals surface area contributed by atoms with Gasteiger partial charge in [0.25, 0.3) is 11.5 Å². The first-order chi connectivity index (χ1) is 15.3. The van der Waals surface area contributed by atoms with Crippen LogP contribution in [0.4, 0.5) is 5.69 Å². The van der Waals surface area contributed by atoms with E-state index in [0.29, 0.717) is 40.1 Å². The van der Waals surface area contributed by atoms with Gasteiger partial charge < -0.3 is 14.8 Å². The molecule has 2 aliphatic heterocycles. The second-order valence-corrected chi connectivity index (χ2v) is 9.17. The zero-order valence-corrected chi connectivity index (χ0v) is 18.4. The number of rotatable bonds is 4. The van der Waals surface area contributed by atoms with Crippen molar-refractivity contribution in [3.05, 3.63) is 57.5 Å². The number of aromatic amines is 1. The fourth-order valence-corrected chi connectivity index (χ4v) is 5.23. The summed E-state index contributed by atoms with van der Waals surface area (Å²) in [6.07, 6.45) is 0.761. The van der Waals surface area contributed by atoms with Gasteiger partial charge in [0.05, 0.1) is 23.3 Å². The second kappa shape index (κ2) is 7.27. The van der Waals surface area contributed by atoms with E-state index in [4.69, 9.17) is 0 Å². The molecule has 0 aliphatic carbocycles. The lowest BCUT2D eigenvalue weighted by Crippen LogP contribution is -2.63. The Morgan fingerprint density at radius 2 is 2.03 bits per heavy atom. The number of amides is 3. The van der Waals surface area contributed by atoms with Crippen LogP contribution in [0, 0.1) is 0 Å². The molecule has 0 radical (unpaired) electrons. The van der Waals surface area contributed by atoms with Gasteiger partial charge in [0.2, 0.25) is 11.8 Å². The van der Waals surface area contributed by atoms with Crippen molar-refractivity contribution in [2.45, 2.75) is 32.0 Å². The van der Waals surface area contributed by atoms with Gasteiger partial charge in [-0.25, -0.2) is 4.98 Å². The Balaban J connectivity index is 1.41. The van der Waals surface area contributed by atoms with E-state index in [1.807, 2.05) is 6.92 Å². The number of likely N-dealkylation sites (N-methyl/N-ethyl adjacent to an activating group) is 1. The van der Waals surface area contributed by atoms with E-state index in [0.717, 1.165) is 0 Å². The molecule has 0 bridgehead atoms. The Labute approximate surface area is 187 Å². The van der Waals surface area contributed by atoms with Crippen molar-refractivity contribution in [3.63, 3.8) is 0 Å². The van der Waals surface area contributed by atoms with E-state index < -0.39 is 5.66 Å². The number of nitrogens with zero attached hydrogens (tertiary/aromatic N) is 4. The molecular weight excluding hydrogens is 430 g/mol. The van der Waals surface area contributed by atoms with Gasteiger partial charge in [0.1, 0.15) is 22.7 Å². The molecule has 32 heavy (non-hydrogen) atoms. The van der Waals surface area contributed by atoms with Crippen molar-refractivity contribution >= 4 is 45.0 Å². The minimum atomic E-state index is -0.902. The van der Waals surface area contributed by atoms with Gasteiger partial charge >= 0.3 is 0 Å². The molecule has 1 unspecified atom stereocenters. The maximum Gasteiger partial charge on any atom is 0.268 e. The zero-order valence-electron chi connectivity index (χ0n) is 17.6. The predicted octanol–water partition coefficient (Wildman–Crippen LogP) is 1.94. The number of hydrogen-bond donors (Lipinski definition) is 1. The maximum absolute atomic E-state index is 13.3. The highest BCUT2D eigenvalue weighted by molar-refractivity contribution is 7.17. The van der Waals surface area contributed by atoms with Gasteiger partial charge in [0.15, 0.2) is 0 Å². The Morgan fingerprint density at radius 1 is 1.25 bits per heavy atom. The molecule has 3 aromatic rings. The molecule has 2 aromatic heterocycles. The van der Waals surface area contributed by atoms with Gasteiger partial charge in [0, 0.05) is 13.5 Å². The fraction of sp³-hybridized carbons (Fsp3) is 0.318. The first-order valence-corrected chi connectivity index (χ1v) is 11.1. The van der Waals surface area contributed by atoms with Crippen molar-refractivity contribution in [3.8, 4) is 0 Å². The van der Waals surface area contributed by atoms with Gasteiger partial charge in [-0.3, -0.25) is 24.1 Å². The molecule has 1 aromatic carbocycles. The number of carbonyl (C=O) groups excluding carboxylic acids is 3. The Bertz CT molecular complexity index is 1330. The molecular formula is C22H21N5O4S. The average molecular weight is 452 g/mol. The van der Waals surface area contributed by atoms with Crippen LogP contribution in [0.3, 0.4) is 0 Å². The standard InChI is InChI=1S/C22H21N5O4S/c1-22-9-7-17(28)27(22)15-6-4-3-5-13(15)21(31)26(22)12-18(29)25(2)11-16-23-14-8-10-32-19(14)20(30)24-16/h3-6,8,10H,7,9,11-12H2,1-2H3,(H,23,24,30). The minimum absolute atomic E-state index is 0.0657. The molecule has 1 fully saturated rings. The number of hydrogen-bond acceptors (Lipinski definition) is 6. The maximum atomic E-state index is 13.3. The smallest absolute Gasteiger partial charge is 0.268 e. The second-order valence-electron chi connectivity index (χ2n) is 8.25. The van der Waals surface area contributed by atoms with Gasteiger partial charge in [-0.15, -0.1) is 11.3 Å². The lowest BCUT2D eigenvalue weighted by atomic mass is 9.98. The largest absolute Gasteiger partial charge is 0.337 e. The number of nitrogens with one attached hydrogen (secondary N) is 1. The lowest BCUT2D eigenvalue weighted by molar-refractivity contribution is -0.132. The lowest BCUT2D eigenvalue weighted by Gasteiger charge is -2.48. The summed E-state index contributed by atoms with van der Waals surface area (Å²) in [4.78, 5) is 62.9. The summed E-state index contributed by atoms with van der Waals surface area (Å²) in [7, 11) is 1.60. The van der Waals surface area contributed by atoms with Crippen LogP contribution in [-0.2, 0) is 16.1 Å². The molecule has 3 amide bonds. The number of fused-ring (bicyclic) bond motifs is 4. The third-order valence-electron chi connectivity index (χ3n) is 6.22. The third-order valence-corrected chi connectivity index (χ3v) is 7.12. The van der Waals surface area contributed by atoms with Crippen molar-refractivity contribution in [1.82, 2.24) is 19.8 Å². The summed E-state index contributed by atoms with van der Waals surface area (Å²) in [6.45, 7) is 1.73. The summed E-state index contributed by atoms with van der Waals surface area (Å²) in [5.74, 6) is -0.284. The van der Waals surface area contributed by atoms with Gasteiger partial charge in [-0.2, -0.15) is 0 Å². The molecule has 164 valence electrons. The normalized spacial score (nSPS) is 19.9. The highest BCUT2D eigenvalue weighted by Crippen LogP contribution is 2.43. The van der Waals surface area contributed by atoms with Crippen LogP contribution in [0.2, 0.25) is 0 Å². The number of aromatic nitrogens is 2. The minimum Gasteiger partial charge on any atom is -0.337 e. The summed E-state index contributed by atoms with van der Waals surface area (Å²) >= 11 is 1.31. The van der Waals surface area contributed by atoms with Crippen LogP contribution >= 0.6 is 11.3 Å². The highest BCUT2D eigenvalue weighted by atomic mass is 32.1. The Hall–Kier alpha value is -3.53. The molecule has 5 rings (SSSR count). The van der Waals surface area contributed by atoms with Crippen LogP contribution in [0.5, 0.6) is 0 Å². The molecule has 4 heterocycles. The van der Waals surface area contributed by atoms with E-state index in [1.165, 1.54) is 21.1 Å².